The number of pyridine rings is 1. The molecule has 0 N–H and O–H groups in total. The third-order valence-electron chi connectivity index (χ3n) is 4.93. The molecule has 2 aliphatic rings. The molecule has 0 saturated heterocycles. The van der Waals surface area contributed by atoms with Gasteiger partial charge in [-0.1, -0.05) is 0 Å². The minimum Gasteiger partial charge on any atom is -0.381 e. The van der Waals surface area contributed by atoms with Crippen molar-refractivity contribution in [2.24, 2.45) is 0 Å². The van der Waals surface area contributed by atoms with Crippen LogP contribution in [0.2, 0.25) is 0 Å². The van der Waals surface area contributed by atoms with E-state index in [9.17, 15) is 9.18 Å². The third kappa shape index (κ3) is 1.59. The fourth-order valence-electron chi connectivity index (χ4n) is 3.73. The molecular weight excluding hydrogens is 351 g/mol. The van der Waals surface area contributed by atoms with E-state index in [2.05, 4.69) is 20.9 Å². The van der Waals surface area contributed by atoms with Crippen molar-refractivity contribution in [3.8, 4) is 0 Å². The van der Waals surface area contributed by atoms with Crippen molar-refractivity contribution in [3.63, 3.8) is 0 Å². The predicted molar refractivity (Wildman–Crippen MR) is 84.5 cm³/mol. The quantitative estimate of drug-likeness (QED) is 0.780. The maximum Gasteiger partial charge on any atom is 0.237 e. The van der Waals surface area contributed by atoms with Gasteiger partial charge < -0.3 is 9.64 Å². The molecule has 22 heavy (non-hydrogen) atoms. The van der Waals surface area contributed by atoms with Crippen molar-refractivity contribution in [2.45, 2.75) is 24.4 Å². The minimum atomic E-state index is -0.552. The molecule has 6 heteroatoms. The molecule has 0 radical (unpaired) electrons. The Bertz CT molecular complexity index is 817. The first-order valence-electron chi connectivity index (χ1n) is 7.07. The summed E-state index contributed by atoms with van der Waals surface area (Å²) in [6.07, 6.45) is 3.08. The molecule has 1 fully saturated rings. The van der Waals surface area contributed by atoms with Crippen LogP contribution in [-0.4, -0.2) is 31.2 Å². The lowest BCUT2D eigenvalue weighted by atomic mass is 9.62. The maximum absolute atomic E-state index is 13.8. The first kappa shape index (κ1) is 14.1. The van der Waals surface area contributed by atoms with Crippen LogP contribution in [0, 0.1) is 5.82 Å². The topological polar surface area (TPSA) is 42.4 Å². The van der Waals surface area contributed by atoms with Crippen molar-refractivity contribution >= 4 is 38.4 Å². The van der Waals surface area contributed by atoms with Crippen molar-refractivity contribution in [1.82, 2.24) is 4.98 Å². The number of fused-ring (bicyclic) bond motifs is 4. The van der Waals surface area contributed by atoms with Gasteiger partial charge in [0.05, 0.1) is 33.4 Å². The summed E-state index contributed by atoms with van der Waals surface area (Å²) >= 11 is 3.23. The van der Waals surface area contributed by atoms with E-state index in [1.165, 1.54) is 6.07 Å². The van der Waals surface area contributed by atoms with Gasteiger partial charge in [0.1, 0.15) is 5.82 Å². The second-order valence-corrected chi connectivity index (χ2v) is 6.87. The fourth-order valence-corrected chi connectivity index (χ4v) is 4.08. The van der Waals surface area contributed by atoms with Gasteiger partial charge in [-0.2, -0.15) is 0 Å². The first-order valence-corrected chi connectivity index (χ1v) is 7.86. The molecule has 1 amide bonds. The summed E-state index contributed by atoms with van der Waals surface area (Å²) < 4.78 is 19.5. The number of amides is 1. The normalized spacial score (nSPS) is 26.6. The molecule has 1 aliphatic carbocycles. The molecule has 2 heterocycles. The number of benzene rings is 1. The minimum absolute atomic E-state index is 0.0746. The monoisotopic (exact) mass is 364 g/mol. The number of rotatable bonds is 1. The molecule has 1 spiro atoms. The summed E-state index contributed by atoms with van der Waals surface area (Å²) in [6.45, 7) is 0. The van der Waals surface area contributed by atoms with E-state index in [1.807, 2.05) is 0 Å². The van der Waals surface area contributed by atoms with Crippen LogP contribution in [0.3, 0.4) is 0 Å². The van der Waals surface area contributed by atoms with Crippen LogP contribution in [-0.2, 0) is 14.9 Å². The Kier molecular flexibility index (Phi) is 2.87. The second-order valence-electron chi connectivity index (χ2n) is 6.01. The molecule has 1 saturated carbocycles. The van der Waals surface area contributed by atoms with E-state index in [4.69, 9.17) is 4.74 Å². The van der Waals surface area contributed by atoms with Crippen LogP contribution in [0.4, 0.5) is 10.1 Å². The van der Waals surface area contributed by atoms with Crippen LogP contribution in [0.1, 0.15) is 18.4 Å². The van der Waals surface area contributed by atoms with Gasteiger partial charge in [-0.3, -0.25) is 9.78 Å². The van der Waals surface area contributed by atoms with Gasteiger partial charge in [0.25, 0.3) is 0 Å². The number of anilines is 1. The van der Waals surface area contributed by atoms with Crippen molar-refractivity contribution in [1.29, 1.82) is 0 Å². The van der Waals surface area contributed by atoms with Gasteiger partial charge >= 0.3 is 0 Å². The number of methoxy groups -OCH3 is 1. The van der Waals surface area contributed by atoms with E-state index in [1.54, 1.807) is 31.3 Å². The standard InChI is InChI=1S/C16H14BrFN2O2/c1-20-13-7-19-12-4-11(18)10(17)3-9(12)14(13)16(15(20)21)5-8(6-16)22-2/h3-4,7-8H,5-6H2,1-2H3/t8-,16-. The zero-order valence-electron chi connectivity index (χ0n) is 12.2. The van der Waals surface area contributed by atoms with E-state index in [0.717, 1.165) is 16.6 Å². The molecule has 1 aromatic heterocycles. The lowest BCUT2D eigenvalue weighted by molar-refractivity contribution is -0.131. The average molecular weight is 365 g/mol. The Morgan fingerprint density at radius 2 is 2.18 bits per heavy atom. The van der Waals surface area contributed by atoms with Crippen molar-refractivity contribution < 1.29 is 13.9 Å². The maximum atomic E-state index is 13.8. The summed E-state index contributed by atoms with van der Waals surface area (Å²) in [5.41, 5.74) is 1.79. The third-order valence-corrected chi connectivity index (χ3v) is 5.54. The lowest BCUT2D eigenvalue weighted by Gasteiger charge is -2.43. The van der Waals surface area contributed by atoms with Gasteiger partial charge in [0.2, 0.25) is 5.91 Å². The van der Waals surface area contributed by atoms with E-state index in [-0.39, 0.29) is 17.8 Å². The summed E-state index contributed by atoms with van der Waals surface area (Å²) in [4.78, 5) is 18.8. The Labute approximate surface area is 135 Å². The van der Waals surface area contributed by atoms with Crippen LogP contribution >= 0.6 is 15.9 Å². The van der Waals surface area contributed by atoms with E-state index >= 15 is 0 Å². The highest BCUT2D eigenvalue weighted by molar-refractivity contribution is 9.10. The number of hydrogen-bond donors (Lipinski definition) is 0. The molecular formula is C16H14BrFN2O2. The first-order chi connectivity index (χ1) is 10.5. The Morgan fingerprint density at radius 3 is 2.86 bits per heavy atom. The summed E-state index contributed by atoms with van der Waals surface area (Å²) in [6, 6.07) is 3.13. The fraction of sp³-hybridized carbons (Fsp3) is 0.375. The molecule has 2 aromatic rings. The average Bonchev–Trinajstić information content (AvgIpc) is 2.68. The van der Waals surface area contributed by atoms with E-state index < -0.39 is 5.41 Å². The van der Waals surface area contributed by atoms with Gasteiger partial charge in [0, 0.05) is 31.2 Å². The molecule has 114 valence electrons. The number of hydrogen-bond acceptors (Lipinski definition) is 3. The highest BCUT2D eigenvalue weighted by Gasteiger charge is 2.58. The number of carbonyl (C=O) groups is 1. The van der Waals surface area contributed by atoms with Crippen LogP contribution in [0.5, 0.6) is 0 Å². The van der Waals surface area contributed by atoms with Gasteiger partial charge in [0.15, 0.2) is 0 Å². The predicted octanol–water partition coefficient (Wildman–Crippen LogP) is 3.16. The molecule has 0 bridgehead atoms. The second kappa shape index (κ2) is 4.49. The molecule has 0 atom stereocenters. The number of nitrogens with zero attached hydrogens (tertiary/aromatic N) is 2. The van der Waals surface area contributed by atoms with E-state index in [0.29, 0.717) is 22.8 Å². The van der Waals surface area contributed by atoms with Gasteiger partial charge in [-0.15, -0.1) is 0 Å². The Morgan fingerprint density at radius 1 is 1.45 bits per heavy atom. The number of ether oxygens (including phenoxy) is 1. The highest BCUT2D eigenvalue weighted by Crippen LogP contribution is 2.55. The van der Waals surface area contributed by atoms with Crippen LogP contribution in [0.25, 0.3) is 10.9 Å². The lowest BCUT2D eigenvalue weighted by Crippen LogP contribution is -2.51. The molecule has 4 rings (SSSR count). The smallest absolute Gasteiger partial charge is 0.237 e. The summed E-state index contributed by atoms with van der Waals surface area (Å²) in [5.74, 6) is -0.277. The SMILES string of the molecule is CO[C@H]1C[C@@]2(C1)C(=O)N(C)c1cnc3cc(F)c(Br)cc3c12. The Balaban J connectivity index is 2.01. The molecule has 1 aromatic carbocycles. The zero-order chi connectivity index (χ0) is 15.6. The number of carbonyl (C=O) groups excluding carboxylic acids is 1. The summed E-state index contributed by atoms with van der Waals surface area (Å²) in [5, 5.41) is 0.832. The number of aromatic nitrogens is 1. The number of likely N-dealkylation sites (N-methyl/N-ethyl adjacent to an activating group) is 1. The van der Waals surface area contributed by atoms with Crippen LogP contribution < -0.4 is 4.90 Å². The number of halogens is 2. The van der Waals surface area contributed by atoms with Crippen molar-refractivity contribution in [2.75, 3.05) is 19.1 Å². The molecule has 1 aliphatic heterocycles. The molecule has 0 unspecified atom stereocenters. The Hall–Kier alpha value is -1.53. The summed E-state index contributed by atoms with van der Waals surface area (Å²) in [7, 11) is 3.43. The zero-order valence-corrected chi connectivity index (χ0v) is 13.8. The van der Waals surface area contributed by atoms with Crippen LogP contribution in [0.15, 0.2) is 22.8 Å². The van der Waals surface area contributed by atoms with Gasteiger partial charge in [-0.25, -0.2) is 4.39 Å². The molecule has 4 nitrogen and oxygen atoms in total. The largest absolute Gasteiger partial charge is 0.381 e. The van der Waals surface area contributed by atoms with Crippen molar-refractivity contribution in [3.05, 3.63) is 34.2 Å². The highest BCUT2D eigenvalue weighted by atomic mass is 79.9. The van der Waals surface area contributed by atoms with Gasteiger partial charge in [-0.05, 0) is 34.8 Å².